The third kappa shape index (κ3) is 4.87. The third-order valence-corrected chi connectivity index (χ3v) is 4.31. The lowest BCUT2D eigenvalue weighted by Gasteiger charge is -2.22. The SMILES string of the molecule is CC(C)c1nc(CN(C)C(=O)N[C@H](C(=O)N=O)C(C)C)cs1. The van der Waals surface area contributed by atoms with Crippen LogP contribution >= 0.6 is 11.3 Å². The highest BCUT2D eigenvalue weighted by atomic mass is 32.1. The zero-order chi connectivity index (χ0) is 16.9. The van der Waals surface area contributed by atoms with E-state index in [9.17, 15) is 14.5 Å². The molecule has 1 aromatic heterocycles. The molecule has 0 aliphatic carbocycles. The quantitative estimate of drug-likeness (QED) is 0.814. The van der Waals surface area contributed by atoms with E-state index in [4.69, 9.17) is 0 Å². The number of nitroso groups, excluding NO2 is 1. The van der Waals surface area contributed by atoms with Gasteiger partial charge in [-0.25, -0.2) is 9.78 Å². The van der Waals surface area contributed by atoms with E-state index in [2.05, 4.69) is 29.3 Å². The van der Waals surface area contributed by atoms with Crippen LogP contribution in [0, 0.1) is 10.8 Å². The van der Waals surface area contributed by atoms with Crippen LogP contribution in [0.25, 0.3) is 0 Å². The van der Waals surface area contributed by atoms with Gasteiger partial charge in [-0.1, -0.05) is 27.7 Å². The Bertz CT molecular complexity index is 542. The van der Waals surface area contributed by atoms with Crippen LogP contribution in [0.2, 0.25) is 0 Å². The van der Waals surface area contributed by atoms with Crippen molar-refractivity contribution in [1.29, 1.82) is 0 Å². The van der Waals surface area contributed by atoms with Crippen LogP contribution in [-0.2, 0) is 11.3 Å². The van der Waals surface area contributed by atoms with E-state index < -0.39 is 18.0 Å². The van der Waals surface area contributed by atoms with Crippen LogP contribution in [0.3, 0.4) is 0 Å². The minimum absolute atomic E-state index is 0.214. The van der Waals surface area contributed by atoms with E-state index >= 15 is 0 Å². The molecule has 0 aliphatic heterocycles. The van der Waals surface area contributed by atoms with Gasteiger partial charge < -0.3 is 10.2 Å². The van der Waals surface area contributed by atoms with Gasteiger partial charge in [0, 0.05) is 23.5 Å². The fourth-order valence-electron chi connectivity index (χ4n) is 1.79. The van der Waals surface area contributed by atoms with Crippen molar-refractivity contribution in [3.63, 3.8) is 0 Å². The minimum Gasteiger partial charge on any atom is -0.326 e. The average Bonchev–Trinajstić information content (AvgIpc) is 2.91. The maximum absolute atomic E-state index is 12.1. The molecule has 0 unspecified atom stereocenters. The van der Waals surface area contributed by atoms with Gasteiger partial charge in [-0.05, 0) is 5.92 Å². The summed E-state index contributed by atoms with van der Waals surface area (Å²) in [6, 6.07) is -1.34. The van der Waals surface area contributed by atoms with E-state index in [1.54, 1.807) is 32.2 Å². The molecular formula is C14H22N4O3S. The number of carbonyl (C=O) groups is 2. The van der Waals surface area contributed by atoms with Gasteiger partial charge in [0.05, 0.1) is 17.2 Å². The Morgan fingerprint density at radius 1 is 1.36 bits per heavy atom. The summed E-state index contributed by atoms with van der Waals surface area (Å²) in [4.78, 5) is 39.8. The number of nitrogens with zero attached hydrogens (tertiary/aromatic N) is 3. The fourth-order valence-corrected chi connectivity index (χ4v) is 2.61. The molecule has 0 radical (unpaired) electrons. The van der Waals surface area contributed by atoms with Gasteiger partial charge in [-0.15, -0.1) is 16.2 Å². The summed E-state index contributed by atoms with van der Waals surface area (Å²) in [6.07, 6.45) is 0. The summed E-state index contributed by atoms with van der Waals surface area (Å²) in [5, 5.41) is 7.86. The largest absolute Gasteiger partial charge is 0.326 e. The highest BCUT2D eigenvalue weighted by Gasteiger charge is 2.26. The number of urea groups is 1. The predicted molar refractivity (Wildman–Crippen MR) is 85.6 cm³/mol. The van der Waals surface area contributed by atoms with Crippen LogP contribution in [0.5, 0.6) is 0 Å². The molecule has 1 heterocycles. The summed E-state index contributed by atoms with van der Waals surface area (Å²) in [5.74, 6) is -0.735. The lowest BCUT2D eigenvalue weighted by atomic mass is 10.0. The molecule has 0 saturated carbocycles. The summed E-state index contributed by atoms with van der Waals surface area (Å²) >= 11 is 1.56. The maximum atomic E-state index is 12.1. The van der Waals surface area contributed by atoms with Crippen LogP contribution < -0.4 is 5.32 Å². The highest BCUT2D eigenvalue weighted by molar-refractivity contribution is 7.09. The average molecular weight is 326 g/mol. The normalized spacial score (nSPS) is 12.3. The molecule has 0 spiro atoms. The van der Waals surface area contributed by atoms with Crippen LogP contribution in [-0.4, -0.2) is 34.9 Å². The first-order valence-electron chi connectivity index (χ1n) is 7.09. The zero-order valence-corrected chi connectivity index (χ0v) is 14.3. The number of nitrogens with one attached hydrogen (secondary N) is 1. The van der Waals surface area contributed by atoms with Crippen molar-refractivity contribution in [3.05, 3.63) is 21.0 Å². The molecule has 0 saturated heterocycles. The van der Waals surface area contributed by atoms with Gasteiger partial charge in [0.15, 0.2) is 0 Å². The lowest BCUT2D eigenvalue weighted by Crippen LogP contribution is -2.48. The van der Waals surface area contributed by atoms with E-state index in [1.165, 1.54) is 4.90 Å². The van der Waals surface area contributed by atoms with E-state index in [1.807, 2.05) is 5.38 Å². The van der Waals surface area contributed by atoms with Gasteiger partial charge in [0.25, 0.3) is 0 Å². The number of hydrogen-bond donors (Lipinski definition) is 1. The van der Waals surface area contributed by atoms with Crippen molar-refractivity contribution >= 4 is 23.3 Å². The fraction of sp³-hybridized carbons (Fsp3) is 0.643. The Morgan fingerprint density at radius 3 is 2.45 bits per heavy atom. The maximum Gasteiger partial charge on any atom is 0.318 e. The molecule has 1 atom stereocenters. The van der Waals surface area contributed by atoms with Crippen molar-refractivity contribution in [3.8, 4) is 0 Å². The molecule has 7 nitrogen and oxygen atoms in total. The van der Waals surface area contributed by atoms with Crippen molar-refractivity contribution < 1.29 is 9.59 Å². The monoisotopic (exact) mass is 326 g/mol. The second-order valence-corrected chi connectivity index (χ2v) is 6.68. The molecule has 8 heteroatoms. The number of hydrogen-bond acceptors (Lipinski definition) is 5. The van der Waals surface area contributed by atoms with E-state index in [-0.39, 0.29) is 5.92 Å². The van der Waals surface area contributed by atoms with Crippen molar-refractivity contribution in [2.75, 3.05) is 7.05 Å². The molecule has 0 aromatic carbocycles. The van der Waals surface area contributed by atoms with Gasteiger partial charge in [0.1, 0.15) is 6.04 Å². The first-order chi connectivity index (χ1) is 10.3. The third-order valence-electron chi connectivity index (χ3n) is 3.11. The summed E-state index contributed by atoms with van der Waals surface area (Å²) in [6.45, 7) is 7.93. The van der Waals surface area contributed by atoms with Crippen molar-refractivity contribution in [1.82, 2.24) is 15.2 Å². The summed E-state index contributed by atoms with van der Waals surface area (Å²) < 4.78 is 0. The van der Waals surface area contributed by atoms with Gasteiger partial charge >= 0.3 is 11.9 Å². The molecule has 1 rings (SSSR count). The first-order valence-corrected chi connectivity index (χ1v) is 7.97. The lowest BCUT2D eigenvalue weighted by molar-refractivity contribution is -0.120. The highest BCUT2D eigenvalue weighted by Crippen LogP contribution is 2.19. The van der Waals surface area contributed by atoms with Crippen LogP contribution in [0.1, 0.15) is 44.3 Å². The van der Waals surface area contributed by atoms with Crippen LogP contribution in [0.4, 0.5) is 4.79 Å². The first kappa shape index (κ1) is 18.2. The molecule has 0 bridgehead atoms. The van der Waals surface area contributed by atoms with Gasteiger partial charge in [-0.3, -0.25) is 4.79 Å². The van der Waals surface area contributed by atoms with E-state index in [0.717, 1.165) is 10.7 Å². The Labute approximate surface area is 134 Å². The van der Waals surface area contributed by atoms with E-state index in [0.29, 0.717) is 12.5 Å². The van der Waals surface area contributed by atoms with Gasteiger partial charge in [0.2, 0.25) is 0 Å². The Kier molecular flexibility index (Phi) is 6.61. The second kappa shape index (κ2) is 7.98. The molecule has 0 fully saturated rings. The van der Waals surface area contributed by atoms with Crippen molar-refractivity contribution in [2.45, 2.75) is 46.2 Å². The Morgan fingerprint density at radius 2 is 2.00 bits per heavy atom. The standard InChI is InChI=1S/C14H22N4O3S/c1-8(2)11(12(19)17-21)16-14(20)18(5)6-10-7-22-13(15-10)9(3)4/h7-9,11H,6H2,1-5H3,(H,16,20)/t11-/m0/s1. The smallest absolute Gasteiger partial charge is 0.318 e. The molecule has 0 aliphatic rings. The molecule has 1 aromatic rings. The summed E-state index contributed by atoms with van der Waals surface area (Å²) in [5.41, 5.74) is 0.798. The molecule has 1 N–H and O–H groups in total. The minimum atomic E-state index is -0.908. The number of rotatable bonds is 6. The topological polar surface area (TPSA) is 91.7 Å². The zero-order valence-electron chi connectivity index (χ0n) is 13.5. The molecule has 22 heavy (non-hydrogen) atoms. The number of carbonyl (C=O) groups excluding carboxylic acids is 2. The van der Waals surface area contributed by atoms with Gasteiger partial charge in [-0.2, -0.15) is 0 Å². The number of aromatic nitrogens is 1. The Hall–Kier alpha value is -1.83. The predicted octanol–water partition coefficient (Wildman–Crippen LogP) is 2.73. The van der Waals surface area contributed by atoms with Crippen LogP contribution in [0.15, 0.2) is 10.6 Å². The Balaban J connectivity index is 2.67. The number of amides is 3. The number of thiazole rings is 1. The molecule has 3 amide bonds. The molecular weight excluding hydrogens is 304 g/mol. The van der Waals surface area contributed by atoms with Crippen molar-refractivity contribution in [2.24, 2.45) is 11.1 Å². The second-order valence-electron chi connectivity index (χ2n) is 5.79. The summed E-state index contributed by atoms with van der Waals surface area (Å²) in [7, 11) is 1.61. The molecule has 122 valence electrons.